The first-order chi connectivity index (χ1) is 10.1. The SMILES string of the molecule is CC(=O)Nc1ccc(-n2cnc3ccccc3c2=O)cc1. The summed E-state index contributed by atoms with van der Waals surface area (Å²) in [6.07, 6.45) is 1.51. The Bertz CT molecular complexity index is 867. The number of hydrogen-bond acceptors (Lipinski definition) is 3. The van der Waals surface area contributed by atoms with E-state index < -0.39 is 0 Å². The van der Waals surface area contributed by atoms with Crippen molar-refractivity contribution in [2.75, 3.05) is 5.32 Å². The van der Waals surface area contributed by atoms with E-state index in [9.17, 15) is 9.59 Å². The van der Waals surface area contributed by atoms with Gasteiger partial charge in [0.15, 0.2) is 0 Å². The molecule has 1 amide bonds. The van der Waals surface area contributed by atoms with Crippen molar-refractivity contribution in [2.45, 2.75) is 6.92 Å². The molecular weight excluding hydrogens is 266 g/mol. The van der Waals surface area contributed by atoms with Crippen LogP contribution in [-0.2, 0) is 4.79 Å². The highest BCUT2D eigenvalue weighted by atomic mass is 16.1. The van der Waals surface area contributed by atoms with Crippen LogP contribution in [0.4, 0.5) is 5.69 Å². The minimum absolute atomic E-state index is 0.118. The Hall–Kier alpha value is -2.95. The van der Waals surface area contributed by atoms with Crippen LogP contribution < -0.4 is 10.9 Å². The van der Waals surface area contributed by atoms with Crippen LogP contribution in [0.2, 0.25) is 0 Å². The smallest absolute Gasteiger partial charge is 0.265 e. The van der Waals surface area contributed by atoms with E-state index in [1.165, 1.54) is 17.8 Å². The van der Waals surface area contributed by atoms with Crippen molar-refractivity contribution in [3.05, 3.63) is 65.2 Å². The second kappa shape index (κ2) is 5.20. The van der Waals surface area contributed by atoms with Crippen molar-refractivity contribution in [1.29, 1.82) is 0 Å². The van der Waals surface area contributed by atoms with Crippen LogP contribution in [0, 0.1) is 0 Å². The number of rotatable bonds is 2. The Balaban J connectivity index is 2.06. The second-order valence-corrected chi connectivity index (χ2v) is 4.66. The third kappa shape index (κ3) is 2.53. The Morgan fingerprint density at radius 1 is 1.10 bits per heavy atom. The van der Waals surface area contributed by atoms with E-state index in [4.69, 9.17) is 0 Å². The standard InChI is InChI=1S/C16H13N3O2/c1-11(20)18-12-6-8-13(9-7-12)19-10-17-15-5-3-2-4-14(15)16(19)21/h2-10H,1H3,(H,18,20). The fourth-order valence-electron chi connectivity index (χ4n) is 2.16. The molecule has 0 radical (unpaired) electrons. The number of aromatic nitrogens is 2. The molecule has 21 heavy (non-hydrogen) atoms. The average molecular weight is 279 g/mol. The normalized spacial score (nSPS) is 10.5. The van der Waals surface area contributed by atoms with Gasteiger partial charge >= 0.3 is 0 Å². The molecule has 0 saturated heterocycles. The first-order valence-electron chi connectivity index (χ1n) is 6.49. The van der Waals surface area contributed by atoms with Gasteiger partial charge in [0.2, 0.25) is 5.91 Å². The maximum atomic E-state index is 12.4. The number of benzene rings is 2. The van der Waals surface area contributed by atoms with Gasteiger partial charge in [-0.3, -0.25) is 14.2 Å². The number of hydrogen-bond donors (Lipinski definition) is 1. The van der Waals surface area contributed by atoms with Gasteiger partial charge in [-0.25, -0.2) is 4.98 Å². The summed E-state index contributed by atoms with van der Waals surface area (Å²) < 4.78 is 1.49. The molecule has 3 aromatic rings. The molecule has 0 unspecified atom stereocenters. The van der Waals surface area contributed by atoms with Crippen molar-refractivity contribution in [3.63, 3.8) is 0 Å². The van der Waals surface area contributed by atoms with Crippen LogP contribution in [0.5, 0.6) is 0 Å². The predicted molar refractivity (Wildman–Crippen MR) is 81.6 cm³/mol. The molecular formula is C16H13N3O2. The predicted octanol–water partition coefficient (Wildman–Crippen LogP) is 2.34. The summed E-state index contributed by atoms with van der Waals surface area (Å²) in [5.41, 5.74) is 1.95. The van der Waals surface area contributed by atoms with Gasteiger partial charge in [-0.2, -0.15) is 0 Å². The molecule has 0 spiro atoms. The van der Waals surface area contributed by atoms with Gasteiger partial charge in [-0.15, -0.1) is 0 Å². The average Bonchev–Trinajstić information content (AvgIpc) is 2.48. The summed E-state index contributed by atoms with van der Waals surface area (Å²) in [6, 6.07) is 14.3. The zero-order valence-electron chi connectivity index (χ0n) is 11.4. The summed E-state index contributed by atoms with van der Waals surface area (Å²) in [4.78, 5) is 27.7. The Morgan fingerprint density at radius 2 is 1.81 bits per heavy atom. The third-order valence-corrected chi connectivity index (χ3v) is 3.13. The highest BCUT2D eigenvalue weighted by Crippen LogP contribution is 2.13. The molecule has 3 rings (SSSR count). The number of carbonyl (C=O) groups excluding carboxylic acids is 1. The maximum Gasteiger partial charge on any atom is 0.265 e. The number of fused-ring (bicyclic) bond motifs is 1. The van der Waals surface area contributed by atoms with Gasteiger partial charge < -0.3 is 5.32 Å². The quantitative estimate of drug-likeness (QED) is 0.783. The van der Waals surface area contributed by atoms with Crippen LogP contribution in [0.15, 0.2) is 59.7 Å². The molecule has 0 atom stereocenters. The molecule has 0 aliphatic rings. The van der Waals surface area contributed by atoms with Crippen LogP contribution >= 0.6 is 0 Å². The van der Waals surface area contributed by atoms with Crippen molar-refractivity contribution >= 4 is 22.5 Å². The summed E-state index contributed by atoms with van der Waals surface area (Å²) in [5, 5.41) is 3.26. The Morgan fingerprint density at radius 3 is 2.52 bits per heavy atom. The number of nitrogens with zero attached hydrogens (tertiary/aromatic N) is 2. The van der Waals surface area contributed by atoms with Crippen molar-refractivity contribution in [2.24, 2.45) is 0 Å². The van der Waals surface area contributed by atoms with Crippen LogP contribution in [0.1, 0.15) is 6.92 Å². The number of anilines is 1. The van der Waals surface area contributed by atoms with Crippen molar-refractivity contribution in [3.8, 4) is 5.69 Å². The van der Waals surface area contributed by atoms with E-state index in [-0.39, 0.29) is 11.5 Å². The Kier molecular flexibility index (Phi) is 3.23. The van der Waals surface area contributed by atoms with Gasteiger partial charge in [-0.1, -0.05) is 12.1 Å². The lowest BCUT2D eigenvalue weighted by Gasteiger charge is -2.08. The molecule has 0 saturated carbocycles. The molecule has 0 aliphatic heterocycles. The van der Waals surface area contributed by atoms with Gasteiger partial charge in [0.1, 0.15) is 6.33 Å². The highest BCUT2D eigenvalue weighted by molar-refractivity contribution is 5.88. The first kappa shape index (κ1) is 13.1. The zero-order valence-corrected chi connectivity index (χ0v) is 11.4. The minimum atomic E-state index is -0.132. The third-order valence-electron chi connectivity index (χ3n) is 3.13. The molecule has 2 aromatic carbocycles. The van der Waals surface area contributed by atoms with Gasteiger partial charge in [0.05, 0.1) is 16.6 Å². The van der Waals surface area contributed by atoms with E-state index in [1.54, 1.807) is 36.4 Å². The molecule has 1 heterocycles. The van der Waals surface area contributed by atoms with Gasteiger partial charge in [0.25, 0.3) is 5.56 Å². The molecule has 0 aliphatic carbocycles. The highest BCUT2D eigenvalue weighted by Gasteiger charge is 2.05. The lowest BCUT2D eigenvalue weighted by molar-refractivity contribution is -0.114. The number of para-hydroxylation sites is 1. The van der Waals surface area contributed by atoms with E-state index in [1.807, 2.05) is 12.1 Å². The lowest BCUT2D eigenvalue weighted by atomic mass is 10.2. The van der Waals surface area contributed by atoms with E-state index in [0.717, 1.165) is 0 Å². The first-order valence-corrected chi connectivity index (χ1v) is 6.49. The number of carbonyl (C=O) groups is 1. The Labute approximate surface area is 120 Å². The molecule has 1 aromatic heterocycles. The summed E-state index contributed by atoms with van der Waals surface area (Å²) in [5.74, 6) is -0.132. The molecule has 104 valence electrons. The summed E-state index contributed by atoms with van der Waals surface area (Å²) in [6.45, 7) is 1.45. The van der Waals surface area contributed by atoms with Crippen molar-refractivity contribution in [1.82, 2.24) is 9.55 Å². The monoisotopic (exact) mass is 279 g/mol. The second-order valence-electron chi connectivity index (χ2n) is 4.66. The molecule has 0 fully saturated rings. The van der Waals surface area contributed by atoms with E-state index in [2.05, 4.69) is 10.3 Å². The lowest BCUT2D eigenvalue weighted by Crippen LogP contribution is -2.18. The molecule has 5 heteroatoms. The van der Waals surface area contributed by atoms with Crippen molar-refractivity contribution < 1.29 is 4.79 Å². The molecule has 0 bridgehead atoms. The fourth-order valence-corrected chi connectivity index (χ4v) is 2.16. The number of amides is 1. The van der Waals surface area contributed by atoms with E-state index in [0.29, 0.717) is 22.3 Å². The van der Waals surface area contributed by atoms with Crippen LogP contribution in [0.3, 0.4) is 0 Å². The minimum Gasteiger partial charge on any atom is -0.326 e. The van der Waals surface area contributed by atoms with E-state index >= 15 is 0 Å². The topological polar surface area (TPSA) is 64.0 Å². The summed E-state index contributed by atoms with van der Waals surface area (Å²) in [7, 11) is 0. The van der Waals surface area contributed by atoms with Gasteiger partial charge in [0, 0.05) is 12.6 Å². The van der Waals surface area contributed by atoms with Gasteiger partial charge in [-0.05, 0) is 36.4 Å². The zero-order chi connectivity index (χ0) is 14.8. The van der Waals surface area contributed by atoms with Crippen LogP contribution in [0.25, 0.3) is 16.6 Å². The number of nitrogens with one attached hydrogen (secondary N) is 1. The summed E-state index contributed by atoms with van der Waals surface area (Å²) >= 11 is 0. The van der Waals surface area contributed by atoms with Crippen LogP contribution in [-0.4, -0.2) is 15.5 Å². The fraction of sp³-hybridized carbons (Fsp3) is 0.0625. The molecule has 5 nitrogen and oxygen atoms in total. The molecule has 1 N–H and O–H groups in total. The maximum absolute atomic E-state index is 12.4. The largest absolute Gasteiger partial charge is 0.326 e.